The van der Waals surface area contributed by atoms with Gasteiger partial charge < -0.3 is 0 Å². The lowest BCUT2D eigenvalue weighted by Gasteiger charge is -2.05. The molecule has 0 fully saturated rings. The second-order valence-corrected chi connectivity index (χ2v) is 3.26. The summed E-state index contributed by atoms with van der Waals surface area (Å²) >= 11 is 5.75. The first-order chi connectivity index (χ1) is 5.70. The molecule has 0 radical (unpaired) electrons. The predicted octanol–water partition coefficient (Wildman–Crippen LogP) is 2.04. The number of anilines is 1. The average Bonchev–Trinajstić information content (AvgIpc) is 2.32. The van der Waals surface area contributed by atoms with Crippen LogP contribution in [0.4, 0.5) is 5.69 Å². The Hall–Kier alpha value is -1.02. The number of rotatable bonds is 0. The van der Waals surface area contributed by atoms with E-state index in [9.17, 15) is 4.79 Å². The number of amides is 1. The molecule has 2 rings (SSSR count). The van der Waals surface area contributed by atoms with Gasteiger partial charge in [0.2, 0.25) is 5.91 Å². The quantitative estimate of drug-likeness (QED) is 0.561. The van der Waals surface area contributed by atoms with E-state index in [1.807, 2.05) is 25.1 Å². The van der Waals surface area contributed by atoms with E-state index in [1.165, 1.54) is 4.42 Å². The van der Waals surface area contributed by atoms with Gasteiger partial charge in [-0.25, -0.2) is 4.42 Å². The summed E-state index contributed by atoms with van der Waals surface area (Å²) < 4.78 is 1.20. The third kappa shape index (κ3) is 0.916. The summed E-state index contributed by atoms with van der Waals surface area (Å²) in [5.41, 5.74) is 3.02. The van der Waals surface area contributed by atoms with Crippen LogP contribution in [0.3, 0.4) is 0 Å². The zero-order valence-electron chi connectivity index (χ0n) is 6.67. The number of carbonyl (C=O) groups excluding carboxylic acids is 1. The van der Waals surface area contributed by atoms with E-state index in [-0.39, 0.29) is 5.91 Å². The van der Waals surface area contributed by atoms with Crippen LogP contribution in [0.2, 0.25) is 0 Å². The van der Waals surface area contributed by atoms with Gasteiger partial charge in [-0.3, -0.25) is 4.79 Å². The monoisotopic (exact) mass is 181 g/mol. The number of halogens is 1. The van der Waals surface area contributed by atoms with Gasteiger partial charge in [0.15, 0.2) is 0 Å². The summed E-state index contributed by atoms with van der Waals surface area (Å²) in [5, 5.41) is 0. The van der Waals surface area contributed by atoms with E-state index >= 15 is 0 Å². The van der Waals surface area contributed by atoms with E-state index in [4.69, 9.17) is 11.8 Å². The summed E-state index contributed by atoms with van der Waals surface area (Å²) in [6.07, 6.45) is 0.436. The minimum atomic E-state index is -0.0408. The fourth-order valence-electron chi connectivity index (χ4n) is 1.46. The molecular formula is C9H8ClNO. The summed E-state index contributed by atoms with van der Waals surface area (Å²) in [6, 6.07) is 5.75. The fourth-order valence-corrected chi connectivity index (χ4v) is 1.67. The van der Waals surface area contributed by atoms with Crippen LogP contribution < -0.4 is 4.42 Å². The molecule has 0 bridgehead atoms. The smallest absolute Gasteiger partial charge is 0.246 e. The molecule has 0 saturated carbocycles. The first-order valence-electron chi connectivity index (χ1n) is 3.77. The van der Waals surface area contributed by atoms with E-state index in [1.54, 1.807) is 0 Å². The topological polar surface area (TPSA) is 20.3 Å². The molecule has 1 aromatic rings. The Morgan fingerprint density at radius 2 is 2.25 bits per heavy atom. The Labute approximate surface area is 75.9 Å². The fraction of sp³-hybridized carbons (Fsp3) is 0.222. The molecule has 1 aliphatic heterocycles. The molecule has 2 nitrogen and oxygen atoms in total. The molecule has 0 atom stereocenters. The van der Waals surface area contributed by atoms with Gasteiger partial charge in [0, 0.05) is 11.8 Å². The Kier molecular flexibility index (Phi) is 1.58. The number of carbonyl (C=O) groups is 1. The van der Waals surface area contributed by atoms with Gasteiger partial charge in [0.05, 0.1) is 12.1 Å². The van der Waals surface area contributed by atoms with Crippen molar-refractivity contribution in [1.82, 2.24) is 0 Å². The molecule has 1 aromatic carbocycles. The van der Waals surface area contributed by atoms with Crippen molar-refractivity contribution in [2.75, 3.05) is 4.42 Å². The molecule has 0 N–H and O–H groups in total. The number of fused-ring (bicyclic) bond motifs is 1. The van der Waals surface area contributed by atoms with Crippen molar-refractivity contribution in [3.8, 4) is 0 Å². The van der Waals surface area contributed by atoms with E-state index in [0.29, 0.717) is 6.42 Å². The van der Waals surface area contributed by atoms with Gasteiger partial charge in [0.1, 0.15) is 0 Å². The molecule has 0 unspecified atom stereocenters. The van der Waals surface area contributed by atoms with Crippen molar-refractivity contribution < 1.29 is 4.79 Å². The lowest BCUT2D eigenvalue weighted by Crippen LogP contribution is -2.13. The molecule has 0 spiro atoms. The molecular weight excluding hydrogens is 174 g/mol. The third-order valence-electron chi connectivity index (χ3n) is 2.14. The first-order valence-corrected chi connectivity index (χ1v) is 4.11. The van der Waals surface area contributed by atoms with Crippen molar-refractivity contribution in [1.29, 1.82) is 0 Å². The van der Waals surface area contributed by atoms with Gasteiger partial charge in [0.25, 0.3) is 0 Å². The number of hydrogen-bond donors (Lipinski definition) is 0. The lowest BCUT2D eigenvalue weighted by atomic mass is 10.1. The number of nitrogens with zero attached hydrogens (tertiary/aromatic N) is 1. The van der Waals surface area contributed by atoms with Gasteiger partial charge in [-0.05, 0) is 24.1 Å². The number of benzene rings is 1. The summed E-state index contributed by atoms with van der Waals surface area (Å²) in [7, 11) is 0. The standard InChI is InChI=1S/C9H8ClNO/c1-6-3-2-4-8-7(6)5-9(12)11(8)10/h2-4H,5H2,1H3. The van der Waals surface area contributed by atoms with Crippen molar-refractivity contribution in [2.45, 2.75) is 13.3 Å². The second-order valence-electron chi connectivity index (χ2n) is 2.92. The summed E-state index contributed by atoms with van der Waals surface area (Å²) in [4.78, 5) is 11.2. The molecule has 0 saturated heterocycles. The van der Waals surface area contributed by atoms with Crippen molar-refractivity contribution in [2.24, 2.45) is 0 Å². The maximum absolute atomic E-state index is 11.2. The van der Waals surface area contributed by atoms with E-state index < -0.39 is 0 Å². The maximum Gasteiger partial charge on any atom is 0.246 e. The third-order valence-corrected chi connectivity index (χ3v) is 2.51. The molecule has 1 amide bonds. The highest BCUT2D eigenvalue weighted by molar-refractivity contribution is 6.38. The van der Waals surface area contributed by atoms with Crippen molar-refractivity contribution >= 4 is 23.4 Å². The summed E-state index contributed by atoms with van der Waals surface area (Å²) in [5.74, 6) is -0.0408. The molecule has 12 heavy (non-hydrogen) atoms. The highest BCUT2D eigenvalue weighted by atomic mass is 35.5. The Balaban J connectivity index is 2.60. The van der Waals surface area contributed by atoms with Crippen LogP contribution in [-0.2, 0) is 11.2 Å². The second kappa shape index (κ2) is 2.49. The van der Waals surface area contributed by atoms with Gasteiger partial charge in [-0.1, -0.05) is 12.1 Å². The van der Waals surface area contributed by atoms with E-state index in [0.717, 1.165) is 16.8 Å². The Morgan fingerprint density at radius 1 is 1.50 bits per heavy atom. The molecule has 62 valence electrons. The average molecular weight is 182 g/mol. The molecule has 1 heterocycles. The van der Waals surface area contributed by atoms with Crippen LogP contribution in [0.1, 0.15) is 11.1 Å². The van der Waals surface area contributed by atoms with Crippen molar-refractivity contribution in [3.63, 3.8) is 0 Å². The Morgan fingerprint density at radius 3 is 2.92 bits per heavy atom. The van der Waals surface area contributed by atoms with Gasteiger partial charge in [-0.15, -0.1) is 0 Å². The van der Waals surface area contributed by atoms with Crippen LogP contribution in [-0.4, -0.2) is 5.91 Å². The van der Waals surface area contributed by atoms with Crippen LogP contribution >= 0.6 is 11.8 Å². The minimum Gasteiger partial charge on any atom is -0.273 e. The zero-order chi connectivity index (χ0) is 8.72. The highest BCUT2D eigenvalue weighted by Crippen LogP contribution is 2.32. The largest absolute Gasteiger partial charge is 0.273 e. The van der Waals surface area contributed by atoms with Crippen LogP contribution in [0.25, 0.3) is 0 Å². The van der Waals surface area contributed by atoms with Gasteiger partial charge in [-0.2, -0.15) is 0 Å². The molecule has 0 aromatic heterocycles. The normalized spacial score (nSPS) is 15.2. The highest BCUT2D eigenvalue weighted by Gasteiger charge is 2.26. The SMILES string of the molecule is Cc1cccc2c1CC(=O)N2Cl. The lowest BCUT2D eigenvalue weighted by molar-refractivity contribution is -0.116. The number of hydrogen-bond acceptors (Lipinski definition) is 1. The van der Waals surface area contributed by atoms with E-state index in [2.05, 4.69) is 0 Å². The molecule has 1 aliphatic rings. The predicted molar refractivity (Wildman–Crippen MR) is 48.2 cm³/mol. The Bertz CT molecular complexity index is 348. The summed E-state index contributed by atoms with van der Waals surface area (Å²) in [6.45, 7) is 1.99. The minimum absolute atomic E-state index is 0.0408. The van der Waals surface area contributed by atoms with Crippen LogP contribution in [0, 0.1) is 6.92 Å². The number of aryl methyl sites for hydroxylation is 1. The van der Waals surface area contributed by atoms with Gasteiger partial charge >= 0.3 is 0 Å². The maximum atomic E-state index is 11.2. The first kappa shape index (κ1) is 7.62. The van der Waals surface area contributed by atoms with Crippen LogP contribution in [0.15, 0.2) is 18.2 Å². The zero-order valence-corrected chi connectivity index (χ0v) is 7.43. The molecule has 0 aliphatic carbocycles. The van der Waals surface area contributed by atoms with Crippen molar-refractivity contribution in [3.05, 3.63) is 29.3 Å². The molecule has 3 heteroatoms. The van der Waals surface area contributed by atoms with Crippen LogP contribution in [0.5, 0.6) is 0 Å².